The predicted molar refractivity (Wildman–Crippen MR) is 59.6 cm³/mol. The lowest BCUT2D eigenvalue weighted by atomic mass is 10.1. The molecule has 0 spiro atoms. The molecule has 5 heteroatoms. The van der Waals surface area contributed by atoms with E-state index >= 15 is 0 Å². The summed E-state index contributed by atoms with van der Waals surface area (Å²) in [5.74, 6) is 1.37. The predicted octanol–water partition coefficient (Wildman–Crippen LogP) is 1.81. The van der Waals surface area contributed by atoms with Crippen LogP contribution < -0.4 is 5.32 Å². The average molecular weight is 205 g/mol. The Morgan fingerprint density at radius 2 is 2.00 bits per heavy atom. The van der Waals surface area contributed by atoms with E-state index in [2.05, 4.69) is 46.0 Å². The van der Waals surface area contributed by atoms with Gasteiger partial charge in [0, 0.05) is 6.04 Å². The van der Waals surface area contributed by atoms with E-state index in [1.54, 1.807) is 6.33 Å². The number of anilines is 1. The van der Waals surface area contributed by atoms with E-state index in [1.807, 2.05) is 0 Å². The lowest BCUT2D eigenvalue weighted by Gasteiger charge is -2.17. The zero-order chi connectivity index (χ0) is 10.8. The van der Waals surface area contributed by atoms with Crippen LogP contribution in [0.15, 0.2) is 12.7 Å². The molecule has 2 heterocycles. The molecule has 0 amide bonds. The van der Waals surface area contributed by atoms with Crippen molar-refractivity contribution in [1.82, 2.24) is 19.9 Å². The minimum Gasteiger partial charge on any atom is -0.365 e. The molecule has 0 aliphatic rings. The van der Waals surface area contributed by atoms with E-state index < -0.39 is 0 Å². The van der Waals surface area contributed by atoms with Crippen molar-refractivity contribution in [2.45, 2.75) is 26.8 Å². The van der Waals surface area contributed by atoms with Crippen molar-refractivity contribution in [2.75, 3.05) is 5.32 Å². The minimum absolute atomic E-state index is 0.367. The molecule has 2 aromatic rings. The maximum Gasteiger partial charge on any atom is 0.182 e. The van der Waals surface area contributed by atoms with Crippen LogP contribution in [0.5, 0.6) is 0 Å². The first-order valence-electron chi connectivity index (χ1n) is 5.09. The fourth-order valence-corrected chi connectivity index (χ4v) is 1.26. The molecule has 0 saturated carbocycles. The van der Waals surface area contributed by atoms with E-state index in [0.717, 1.165) is 11.3 Å². The summed E-state index contributed by atoms with van der Waals surface area (Å²) in [6.07, 6.45) is 3.16. The van der Waals surface area contributed by atoms with Crippen molar-refractivity contribution in [2.24, 2.45) is 5.92 Å². The second-order valence-corrected chi connectivity index (χ2v) is 4.00. The lowest BCUT2D eigenvalue weighted by molar-refractivity contribution is 0.558. The van der Waals surface area contributed by atoms with Gasteiger partial charge in [-0.25, -0.2) is 15.0 Å². The third kappa shape index (κ3) is 1.91. The van der Waals surface area contributed by atoms with Crippen LogP contribution in [-0.4, -0.2) is 26.0 Å². The van der Waals surface area contributed by atoms with Gasteiger partial charge in [-0.2, -0.15) is 0 Å². The maximum absolute atomic E-state index is 4.21. The van der Waals surface area contributed by atoms with Crippen molar-refractivity contribution < 1.29 is 0 Å². The summed E-state index contributed by atoms with van der Waals surface area (Å²) in [6, 6.07) is 0.367. The van der Waals surface area contributed by atoms with Gasteiger partial charge in [0.1, 0.15) is 11.8 Å². The van der Waals surface area contributed by atoms with E-state index in [-0.39, 0.29) is 0 Å². The molecule has 0 aliphatic carbocycles. The number of hydrogen-bond donors (Lipinski definition) is 2. The van der Waals surface area contributed by atoms with Crippen molar-refractivity contribution >= 4 is 17.0 Å². The summed E-state index contributed by atoms with van der Waals surface area (Å²) in [7, 11) is 0. The fraction of sp³-hybridized carbons (Fsp3) is 0.500. The van der Waals surface area contributed by atoms with Crippen LogP contribution in [0.2, 0.25) is 0 Å². The molecule has 2 N–H and O–H groups in total. The average Bonchev–Trinajstić information content (AvgIpc) is 2.66. The van der Waals surface area contributed by atoms with Crippen LogP contribution in [0.1, 0.15) is 20.8 Å². The van der Waals surface area contributed by atoms with Gasteiger partial charge in [0.05, 0.1) is 6.33 Å². The third-order valence-corrected chi connectivity index (χ3v) is 2.59. The van der Waals surface area contributed by atoms with E-state index in [1.165, 1.54) is 6.33 Å². The molecule has 2 aromatic heterocycles. The third-order valence-electron chi connectivity index (χ3n) is 2.59. The summed E-state index contributed by atoms with van der Waals surface area (Å²) >= 11 is 0. The quantitative estimate of drug-likeness (QED) is 0.802. The summed E-state index contributed by atoms with van der Waals surface area (Å²) in [6.45, 7) is 6.47. The van der Waals surface area contributed by atoms with Gasteiger partial charge in [-0.05, 0) is 12.8 Å². The van der Waals surface area contributed by atoms with Crippen LogP contribution in [0.25, 0.3) is 11.2 Å². The van der Waals surface area contributed by atoms with Crippen LogP contribution in [0, 0.1) is 5.92 Å². The lowest BCUT2D eigenvalue weighted by Crippen LogP contribution is -2.22. The standard InChI is InChI=1S/C10H15N5/c1-6(2)7(3)15-10-8-9(12-4-11-8)13-5-14-10/h4-7H,1-3H3,(H2,11,12,13,14,15)/t7-/m1/s1. The van der Waals surface area contributed by atoms with Crippen LogP contribution in [0.4, 0.5) is 5.82 Å². The van der Waals surface area contributed by atoms with Crippen LogP contribution >= 0.6 is 0 Å². The van der Waals surface area contributed by atoms with E-state index in [4.69, 9.17) is 0 Å². The van der Waals surface area contributed by atoms with Gasteiger partial charge in [-0.15, -0.1) is 0 Å². The number of imidazole rings is 1. The molecule has 0 fully saturated rings. The largest absolute Gasteiger partial charge is 0.365 e. The molecule has 0 aliphatic heterocycles. The number of H-pyrrole nitrogens is 1. The van der Waals surface area contributed by atoms with Gasteiger partial charge in [0.25, 0.3) is 0 Å². The van der Waals surface area contributed by atoms with Gasteiger partial charge in [0.2, 0.25) is 0 Å². The summed E-state index contributed by atoms with van der Waals surface area (Å²) in [5, 5.41) is 3.35. The second kappa shape index (κ2) is 3.84. The highest BCUT2D eigenvalue weighted by atomic mass is 15.1. The Kier molecular flexibility index (Phi) is 2.53. The van der Waals surface area contributed by atoms with Crippen molar-refractivity contribution in [1.29, 1.82) is 0 Å². The number of hydrogen-bond acceptors (Lipinski definition) is 4. The molecule has 0 bridgehead atoms. The Bertz CT molecular complexity index is 448. The zero-order valence-electron chi connectivity index (χ0n) is 9.15. The highest BCUT2D eigenvalue weighted by Crippen LogP contribution is 2.17. The van der Waals surface area contributed by atoms with Crippen molar-refractivity contribution in [3.8, 4) is 0 Å². The van der Waals surface area contributed by atoms with Gasteiger partial charge >= 0.3 is 0 Å². The molecule has 0 saturated heterocycles. The molecule has 5 nitrogen and oxygen atoms in total. The summed E-state index contributed by atoms with van der Waals surface area (Å²) in [4.78, 5) is 15.4. The maximum atomic E-state index is 4.21. The first kappa shape index (κ1) is 9.89. The Labute approximate surface area is 88.4 Å². The van der Waals surface area contributed by atoms with Crippen molar-refractivity contribution in [3.05, 3.63) is 12.7 Å². The van der Waals surface area contributed by atoms with E-state index in [9.17, 15) is 0 Å². The highest BCUT2D eigenvalue weighted by molar-refractivity contribution is 5.81. The Morgan fingerprint density at radius 3 is 2.73 bits per heavy atom. The first-order chi connectivity index (χ1) is 7.18. The Morgan fingerprint density at radius 1 is 1.20 bits per heavy atom. The Balaban J connectivity index is 2.31. The van der Waals surface area contributed by atoms with Crippen LogP contribution in [-0.2, 0) is 0 Å². The van der Waals surface area contributed by atoms with Gasteiger partial charge in [-0.1, -0.05) is 13.8 Å². The summed E-state index contributed by atoms with van der Waals surface area (Å²) < 4.78 is 0. The Hall–Kier alpha value is -1.65. The monoisotopic (exact) mass is 205 g/mol. The second-order valence-electron chi connectivity index (χ2n) is 4.00. The number of nitrogens with one attached hydrogen (secondary N) is 2. The number of nitrogens with zero attached hydrogens (tertiary/aromatic N) is 3. The van der Waals surface area contributed by atoms with Gasteiger partial charge < -0.3 is 10.3 Å². The molecule has 2 rings (SSSR count). The highest BCUT2D eigenvalue weighted by Gasteiger charge is 2.10. The van der Waals surface area contributed by atoms with Gasteiger partial charge in [-0.3, -0.25) is 0 Å². The molecular weight excluding hydrogens is 190 g/mol. The van der Waals surface area contributed by atoms with Gasteiger partial charge in [0.15, 0.2) is 11.5 Å². The molecule has 0 radical (unpaired) electrons. The normalized spacial score (nSPS) is 13.3. The molecule has 0 aromatic carbocycles. The SMILES string of the molecule is CC(C)[C@@H](C)Nc1ncnc2nc[nH]c12. The molecular formula is C10H15N5. The summed E-state index contributed by atoms with van der Waals surface area (Å²) in [5.41, 5.74) is 1.56. The topological polar surface area (TPSA) is 66.5 Å². The molecule has 80 valence electrons. The fourth-order valence-electron chi connectivity index (χ4n) is 1.26. The van der Waals surface area contributed by atoms with Crippen LogP contribution in [0.3, 0.4) is 0 Å². The number of aromatic nitrogens is 4. The number of rotatable bonds is 3. The minimum atomic E-state index is 0.367. The number of aromatic amines is 1. The molecule has 15 heavy (non-hydrogen) atoms. The molecule has 1 atom stereocenters. The smallest absolute Gasteiger partial charge is 0.182 e. The first-order valence-corrected chi connectivity index (χ1v) is 5.09. The van der Waals surface area contributed by atoms with E-state index in [0.29, 0.717) is 17.6 Å². The number of fused-ring (bicyclic) bond motifs is 1. The zero-order valence-corrected chi connectivity index (χ0v) is 9.15. The molecule has 0 unspecified atom stereocenters. The van der Waals surface area contributed by atoms with Crippen molar-refractivity contribution in [3.63, 3.8) is 0 Å².